The van der Waals surface area contributed by atoms with Crippen LogP contribution in [0, 0.1) is 0 Å². The lowest BCUT2D eigenvalue weighted by molar-refractivity contribution is 0.569. The second-order valence-electron chi connectivity index (χ2n) is 3.82. The molecule has 2 aromatic rings. The summed E-state index contributed by atoms with van der Waals surface area (Å²) < 4.78 is 0. The first-order valence-corrected chi connectivity index (χ1v) is 5.75. The fraction of sp³-hybridized carbons (Fsp3) is 0.231. The van der Waals surface area contributed by atoms with E-state index in [1.165, 1.54) is 5.69 Å². The standard InChI is InChI=1S/C13H15ClN2/c1-10(12-6-2-3-7-13(12)14)16-9-11-5-4-8-15-11/h2-8,10,15-16H,9H2,1H3. The molecule has 1 heterocycles. The van der Waals surface area contributed by atoms with Gasteiger partial charge in [-0.1, -0.05) is 29.8 Å². The van der Waals surface area contributed by atoms with Crippen LogP contribution in [-0.4, -0.2) is 4.98 Å². The van der Waals surface area contributed by atoms with E-state index >= 15 is 0 Å². The zero-order valence-electron chi connectivity index (χ0n) is 9.20. The minimum atomic E-state index is 0.247. The van der Waals surface area contributed by atoms with Gasteiger partial charge in [-0.2, -0.15) is 0 Å². The number of H-pyrrole nitrogens is 1. The van der Waals surface area contributed by atoms with Gasteiger partial charge in [0.1, 0.15) is 0 Å². The number of aromatic nitrogens is 1. The molecule has 0 aliphatic rings. The third kappa shape index (κ3) is 2.65. The average Bonchev–Trinajstić information content (AvgIpc) is 2.79. The number of nitrogens with one attached hydrogen (secondary N) is 2. The number of aromatic amines is 1. The molecule has 0 fully saturated rings. The van der Waals surface area contributed by atoms with Crippen LogP contribution in [0.2, 0.25) is 5.02 Å². The van der Waals surface area contributed by atoms with Crippen LogP contribution in [0.1, 0.15) is 24.2 Å². The maximum absolute atomic E-state index is 6.13. The Balaban J connectivity index is 1.98. The van der Waals surface area contributed by atoms with Gasteiger partial charge in [-0.25, -0.2) is 0 Å². The highest BCUT2D eigenvalue weighted by Crippen LogP contribution is 2.22. The van der Waals surface area contributed by atoms with Crippen molar-refractivity contribution in [2.75, 3.05) is 0 Å². The summed E-state index contributed by atoms with van der Waals surface area (Å²) >= 11 is 6.13. The fourth-order valence-electron chi connectivity index (χ4n) is 1.68. The second-order valence-corrected chi connectivity index (χ2v) is 4.23. The van der Waals surface area contributed by atoms with Crippen LogP contribution in [0.5, 0.6) is 0 Å². The number of rotatable bonds is 4. The van der Waals surface area contributed by atoms with Gasteiger partial charge in [0.2, 0.25) is 0 Å². The summed E-state index contributed by atoms with van der Waals surface area (Å²) in [5, 5.41) is 4.24. The molecule has 1 unspecified atom stereocenters. The first-order valence-electron chi connectivity index (χ1n) is 5.37. The molecule has 0 aliphatic heterocycles. The smallest absolute Gasteiger partial charge is 0.0453 e. The lowest BCUT2D eigenvalue weighted by Crippen LogP contribution is -2.18. The van der Waals surface area contributed by atoms with E-state index in [0.717, 1.165) is 17.1 Å². The zero-order valence-corrected chi connectivity index (χ0v) is 9.96. The van der Waals surface area contributed by atoms with E-state index in [4.69, 9.17) is 11.6 Å². The van der Waals surface area contributed by atoms with E-state index in [9.17, 15) is 0 Å². The Bertz CT molecular complexity index is 437. The SMILES string of the molecule is CC(NCc1ccc[nH]1)c1ccccc1Cl. The molecule has 3 heteroatoms. The Hall–Kier alpha value is -1.25. The lowest BCUT2D eigenvalue weighted by Gasteiger charge is -2.15. The van der Waals surface area contributed by atoms with Crippen LogP contribution in [0.25, 0.3) is 0 Å². The molecule has 0 bridgehead atoms. The monoisotopic (exact) mass is 234 g/mol. The molecule has 2 nitrogen and oxygen atoms in total. The molecule has 1 aromatic carbocycles. The molecule has 1 aromatic heterocycles. The molecule has 0 radical (unpaired) electrons. The first-order chi connectivity index (χ1) is 7.77. The van der Waals surface area contributed by atoms with Gasteiger partial charge >= 0.3 is 0 Å². The van der Waals surface area contributed by atoms with Gasteiger partial charge in [0.15, 0.2) is 0 Å². The summed E-state index contributed by atoms with van der Waals surface area (Å²) in [7, 11) is 0. The van der Waals surface area contributed by atoms with E-state index < -0.39 is 0 Å². The Morgan fingerprint density at radius 2 is 2.06 bits per heavy atom. The molecule has 2 N–H and O–H groups in total. The summed E-state index contributed by atoms with van der Waals surface area (Å²) in [6, 6.07) is 12.2. The summed E-state index contributed by atoms with van der Waals surface area (Å²) in [5.74, 6) is 0. The molecule has 0 aliphatic carbocycles. The van der Waals surface area contributed by atoms with Crippen molar-refractivity contribution in [1.29, 1.82) is 0 Å². The highest BCUT2D eigenvalue weighted by molar-refractivity contribution is 6.31. The van der Waals surface area contributed by atoms with Gasteiger partial charge in [0, 0.05) is 29.5 Å². The van der Waals surface area contributed by atoms with Crippen LogP contribution in [0.15, 0.2) is 42.6 Å². The molecule has 1 atom stereocenters. The Morgan fingerprint density at radius 1 is 1.25 bits per heavy atom. The van der Waals surface area contributed by atoms with Gasteiger partial charge in [-0.15, -0.1) is 0 Å². The molecular weight excluding hydrogens is 220 g/mol. The van der Waals surface area contributed by atoms with Gasteiger partial charge in [-0.05, 0) is 30.7 Å². The molecular formula is C13H15ClN2. The first kappa shape index (κ1) is 11.2. The highest BCUT2D eigenvalue weighted by atomic mass is 35.5. The van der Waals surface area contributed by atoms with Gasteiger partial charge < -0.3 is 10.3 Å². The molecule has 84 valence electrons. The van der Waals surface area contributed by atoms with Crippen molar-refractivity contribution in [2.45, 2.75) is 19.5 Å². The minimum Gasteiger partial charge on any atom is -0.364 e. The summed E-state index contributed by atoms with van der Waals surface area (Å²) in [5.41, 5.74) is 2.31. The number of hydrogen-bond acceptors (Lipinski definition) is 1. The van der Waals surface area contributed by atoms with Crippen molar-refractivity contribution in [3.63, 3.8) is 0 Å². The van der Waals surface area contributed by atoms with Crippen LogP contribution in [-0.2, 0) is 6.54 Å². The van der Waals surface area contributed by atoms with E-state index in [-0.39, 0.29) is 6.04 Å². The number of hydrogen-bond donors (Lipinski definition) is 2. The molecule has 0 saturated heterocycles. The maximum atomic E-state index is 6.13. The summed E-state index contributed by atoms with van der Waals surface area (Å²) in [6.07, 6.45) is 1.93. The summed E-state index contributed by atoms with van der Waals surface area (Å²) in [4.78, 5) is 3.16. The van der Waals surface area contributed by atoms with E-state index in [0.29, 0.717) is 0 Å². The van der Waals surface area contributed by atoms with Gasteiger partial charge in [-0.3, -0.25) is 0 Å². The van der Waals surface area contributed by atoms with Crippen molar-refractivity contribution in [3.05, 3.63) is 58.9 Å². The van der Waals surface area contributed by atoms with Crippen LogP contribution in [0.3, 0.4) is 0 Å². The largest absolute Gasteiger partial charge is 0.364 e. The molecule has 16 heavy (non-hydrogen) atoms. The Labute approximate surface area is 101 Å². The normalized spacial score (nSPS) is 12.6. The van der Waals surface area contributed by atoms with Crippen molar-refractivity contribution < 1.29 is 0 Å². The fourth-order valence-corrected chi connectivity index (χ4v) is 1.98. The predicted molar refractivity (Wildman–Crippen MR) is 67.5 cm³/mol. The Morgan fingerprint density at radius 3 is 2.75 bits per heavy atom. The van der Waals surface area contributed by atoms with Crippen molar-refractivity contribution in [3.8, 4) is 0 Å². The van der Waals surface area contributed by atoms with Crippen LogP contribution in [0.4, 0.5) is 0 Å². The van der Waals surface area contributed by atoms with Gasteiger partial charge in [0.25, 0.3) is 0 Å². The van der Waals surface area contributed by atoms with E-state index in [1.807, 2.05) is 30.5 Å². The number of halogens is 1. The molecule has 0 spiro atoms. The zero-order chi connectivity index (χ0) is 11.4. The van der Waals surface area contributed by atoms with E-state index in [2.05, 4.69) is 29.4 Å². The average molecular weight is 235 g/mol. The van der Waals surface area contributed by atoms with E-state index in [1.54, 1.807) is 0 Å². The lowest BCUT2D eigenvalue weighted by atomic mass is 10.1. The van der Waals surface area contributed by atoms with Crippen molar-refractivity contribution in [1.82, 2.24) is 10.3 Å². The van der Waals surface area contributed by atoms with Crippen LogP contribution < -0.4 is 5.32 Å². The molecule has 2 rings (SSSR count). The predicted octanol–water partition coefficient (Wildman–Crippen LogP) is 3.52. The topological polar surface area (TPSA) is 27.8 Å². The minimum absolute atomic E-state index is 0.247. The molecule has 0 saturated carbocycles. The van der Waals surface area contributed by atoms with Crippen molar-refractivity contribution >= 4 is 11.6 Å². The third-order valence-corrected chi connectivity index (χ3v) is 2.98. The third-order valence-electron chi connectivity index (χ3n) is 2.63. The highest BCUT2D eigenvalue weighted by Gasteiger charge is 2.07. The van der Waals surface area contributed by atoms with Crippen molar-refractivity contribution in [2.24, 2.45) is 0 Å². The van der Waals surface area contributed by atoms with Crippen LogP contribution >= 0.6 is 11.6 Å². The molecule has 0 amide bonds. The second kappa shape index (κ2) is 5.19. The Kier molecular flexibility index (Phi) is 3.65. The maximum Gasteiger partial charge on any atom is 0.0453 e. The quantitative estimate of drug-likeness (QED) is 0.833. The summed E-state index contributed by atoms with van der Waals surface area (Å²) in [6.45, 7) is 2.93. The van der Waals surface area contributed by atoms with Gasteiger partial charge in [0.05, 0.1) is 0 Å². The number of benzene rings is 1.